The number of ether oxygens (including phenoxy) is 2. The van der Waals surface area contributed by atoms with Gasteiger partial charge in [-0.15, -0.1) is 0 Å². The molecule has 0 atom stereocenters. The molecular weight excluding hydrogens is 542 g/mol. The number of hydrogen-bond donors (Lipinski definition) is 1. The Morgan fingerprint density at radius 2 is 1.91 bits per heavy atom. The van der Waals surface area contributed by atoms with Crippen LogP contribution in [-0.4, -0.2) is 74.3 Å². The van der Waals surface area contributed by atoms with Gasteiger partial charge in [-0.3, -0.25) is 0 Å². The van der Waals surface area contributed by atoms with E-state index in [0.717, 1.165) is 53.2 Å². The van der Waals surface area contributed by atoms with E-state index < -0.39 is 0 Å². The zero-order valence-electron chi connectivity index (χ0n) is 25.1. The van der Waals surface area contributed by atoms with Crippen LogP contribution in [0.5, 0.6) is 11.6 Å². The summed E-state index contributed by atoms with van der Waals surface area (Å²) in [5.74, 6) is 2.95. The van der Waals surface area contributed by atoms with Gasteiger partial charge in [0.15, 0.2) is 5.65 Å². The number of nitrogens with zero attached hydrogens (tertiary/aromatic N) is 8. The molecule has 7 rings (SSSR count). The summed E-state index contributed by atoms with van der Waals surface area (Å²) >= 11 is 0. The van der Waals surface area contributed by atoms with E-state index in [4.69, 9.17) is 14.5 Å². The number of hydrogen-bond acceptors (Lipinski definition) is 10. The van der Waals surface area contributed by atoms with Crippen LogP contribution < -0.4 is 15.0 Å². The Bertz CT molecular complexity index is 1860. The third-order valence-corrected chi connectivity index (χ3v) is 8.11. The van der Waals surface area contributed by atoms with Crippen molar-refractivity contribution in [2.45, 2.75) is 33.2 Å². The second-order valence-electron chi connectivity index (χ2n) is 12.3. The first-order valence-corrected chi connectivity index (χ1v) is 14.5. The largest absolute Gasteiger partial charge is 0.497 e. The molecule has 2 aromatic carbocycles. The Balaban J connectivity index is 1.22. The fraction of sp³-hybridized carbons (Fsp3) is 0.344. The normalized spacial score (nSPS) is 16.4. The lowest BCUT2D eigenvalue weighted by atomic mass is 9.94. The van der Waals surface area contributed by atoms with Gasteiger partial charge in [0, 0.05) is 42.7 Å². The summed E-state index contributed by atoms with van der Waals surface area (Å²) < 4.78 is 13.8. The molecule has 0 unspecified atom stereocenters. The molecular formula is C32H35N9O2. The Morgan fingerprint density at radius 1 is 1.05 bits per heavy atom. The fourth-order valence-corrected chi connectivity index (χ4v) is 5.69. The van der Waals surface area contributed by atoms with Crippen molar-refractivity contribution in [2.75, 3.05) is 44.0 Å². The van der Waals surface area contributed by atoms with Crippen molar-refractivity contribution in [2.24, 2.45) is 5.41 Å². The summed E-state index contributed by atoms with van der Waals surface area (Å²) in [5, 5.41) is 8.68. The van der Waals surface area contributed by atoms with Crippen LogP contribution in [-0.2, 0) is 11.2 Å². The lowest BCUT2D eigenvalue weighted by Crippen LogP contribution is -2.57. The number of fused-ring (bicyclic) bond motifs is 2. The van der Waals surface area contributed by atoms with E-state index in [1.165, 1.54) is 17.6 Å². The summed E-state index contributed by atoms with van der Waals surface area (Å²) in [5.41, 5.74) is 5.85. The maximum atomic E-state index is 6.10. The molecule has 0 radical (unpaired) electrons. The maximum Gasteiger partial charge on any atom is 0.224 e. The highest BCUT2D eigenvalue weighted by atomic mass is 16.5. The Hall–Kier alpha value is -4.77. The van der Waals surface area contributed by atoms with Crippen LogP contribution in [0.25, 0.3) is 16.6 Å². The zero-order valence-corrected chi connectivity index (χ0v) is 25.1. The van der Waals surface area contributed by atoms with Gasteiger partial charge < -0.3 is 24.6 Å². The zero-order chi connectivity index (χ0) is 29.7. The van der Waals surface area contributed by atoms with E-state index in [2.05, 4.69) is 81.3 Å². The number of nitrogens with one attached hydrogen (secondary N) is 1. The molecule has 0 spiro atoms. The van der Waals surface area contributed by atoms with Crippen LogP contribution in [0.4, 0.5) is 17.2 Å². The fourth-order valence-electron chi connectivity index (χ4n) is 5.69. The predicted octanol–water partition coefficient (Wildman–Crippen LogP) is 5.14. The number of rotatable bonds is 8. The number of anilines is 3. The summed E-state index contributed by atoms with van der Waals surface area (Å²) in [7, 11) is 4.28. The van der Waals surface area contributed by atoms with Gasteiger partial charge in [-0.05, 0) is 62.5 Å². The molecule has 5 heterocycles. The molecule has 0 saturated carbocycles. The standard InChI is InChI=1S/C32H35N9O2/c1-20-10-22(7-9-26(20)43-28-12-27-34-18-37-41(27)19-36-28)38-31-29-25(33-17-35-31)8-6-21(11-24-13-32(2,3)16-42-24)30(29)40-14-23(15-40)39(4)5/h6-10,12-13,17-19,23H,11,14-16H2,1-5H3,(H,33,35,38). The second kappa shape index (κ2) is 10.5. The lowest BCUT2D eigenvalue weighted by Gasteiger charge is -2.45. The van der Waals surface area contributed by atoms with Crippen LogP contribution in [0.15, 0.2) is 67.2 Å². The van der Waals surface area contributed by atoms with Crippen molar-refractivity contribution in [1.29, 1.82) is 0 Å². The number of aromatic nitrogens is 6. The quantitative estimate of drug-likeness (QED) is 0.266. The summed E-state index contributed by atoms with van der Waals surface area (Å²) in [6.07, 6.45) is 7.68. The summed E-state index contributed by atoms with van der Waals surface area (Å²) in [6, 6.07) is 12.5. The molecule has 11 nitrogen and oxygen atoms in total. The van der Waals surface area contributed by atoms with E-state index in [0.29, 0.717) is 29.9 Å². The van der Waals surface area contributed by atoms with Crippen molar-refractivity contribution in [3.63, 3.8) is 0 Å². The summed E-state index contributed by atoms with van der Waals surface area (Å²) in [6.45, 7) is 9.02. The highest BCUT2D eigenvalue weighted by Gasteiger charge is 2.33. The highest BCUT2D eigenvalue weighted by Crippen LogP contribution is 2.40. The topological polar surface area (TPSA) is 106 Å². The van der Waals surface area contributed by atoms with Gasteiger partial charge in [0.25, 0.3) is 0 Å². The minimum atomic E-state index is 0.0436. The molecule has 1 N–H and O–H groups in total. The van der Waals surface area contributed by atoms with E-state index in [1.807, 2.05) is 25.1 Å². The van der Waals surface area contributed by atoms with E-state index in [1.54, 1.807) is 23.2 Å². The molecule has 43 heavy (non-hydrogen) atoms. The SMILES string of the molecule is Cc1cc(Nc2ncnc3ccc(CC4=CC(C)(C)CO4)c(N4CC(N(C)C)C4)c23)ccc1Oc1cc2ncnn2cn1. The van der Waals surface area contributed by atoms with Crippen molar-refractivity contribution >= 4 is 33.7 Å². The van der Waals surface area contributed by atoms with Gasteiger partial charge in [-0.25, -0.2) is 24.5 Å². The molecule has 0 amide bonds. The van der Waals surface area contributed by atoms with Crippen LogP contribution in [0.2, 0.25) is 0 Å². The summed E-state index contributed by atoms with van der Waals surface area (Å²) in [4.78, 5) is 22.7. The Labute approximate surface area is 250 Å². The van der Waals surface area contributed by atoms with Crippen LogP contribution in [0.1, 0.15) is 25.0 Å². The van der Waals surface area contributed by atoms with Crippen LogP contribution in [0, 0.1) is 12.3 Å². The van der Waals surface area contributed by atoms with E-state index >= 15 is 0 Å². The first-order chi connectivity index (χ1) is 20.7. The smallest absolute Gasteiger partial charge is 0.224 e. The Kier molecular flexibility index (Phi) is 6.61. The first-order valence-electron chi connectivity index (χ1n) is 14.5. The van der Waals surface area contributed by atoms with Crippen molar-refractivity contribution in [1.82, 2.24) is 34.4 Å². The van der Waals surface area contributed by atoms with Gasteiger partial charge in [-0.1, -0.05) is 19.9 Å². The second-order valence-corrected chi connectivity index (χ2v) is 12.3. The number of aryl methyl sites for hydroxylation is 1. The maximum absolute atomic E-state index is 6.10. The van der Waals surface area contributed by atoms with Gasteiger partial charge in [0.1, 0.15) is 30.5 Å². The van der Waals surface area contributed by atoms with Crippen molar-refractivity contribution < 1.29 is 9.47 Å². The highest BCUT2D eigenvalue weighted by molar-refractivity contribution is 6.02. The average molecular weight is 578 g/mol. The molecule has 2 aliphatic rings. The van der Waals surface area contributed by atoms with Gasteiger partial charge in [-0.2, -0.15) is 5.10 Å². The number of likely N-dealkylation sites (N-methyl/N-ethyl adjacent to an activating group) is 1. The van der Waals surface area contributed by atoms with E-state index in [9.17, 15) is 0 Å². The predicted molar refractivity (Wildman–Crippen MR) is 166 cm³/mol. The van der Waals surface area contributed by atoms with Gasteiger partial charge >= 0.3 is 0 Å². The number of allylic oxidation sites excluding steroid dienone is 1. The molecule has 3 aromatic heterocycles. The van der Waals surface area contributed by atoms with Crippen LogP contribution in [0.3, 0.4) is 0 Å². The molecule has 5 aromatic rings. The molecule has 220 valence electrons. The minimum absolute atomic E-state index is 0.0436. The monoisotopic (exact) mass is 577 g/mol. The lowest BCUT2D eigenvalue weighted by molar-refractivity contribution is 0.182. The Morgan fingerprint density at radius 3 is 2.67 bits per heavy atom. The third-order valence-electron chi connectivity index (χ3n) is 8.11. The molecule has 2 aliphatic heterocycles. The molecule has 0 aliphatic carbocycles. The van der Waals surface area contributed by atoms with Gasteiger partial charge in [0.2, 0.25) is 5.88 Å². The van der Waals surface area contributed by atoms with Gasteiger partial charge in [0.05, 0.1) is 29.0 Å². The molecule has 11 heteroatoms. The molecule has 1 fully saturated rings. The molecule has 1 saturated heterocycles. The van der Waals surface area contributed by atoms with Crippen LogP contribution >= 0.6 is 0 Å². The molecule has 0 bridgehead atoms. The van der Waals surface area contributed by atoms with E-state index in [-0.39, 0.29) is 5.41 Å². The third kappa shape index (κ3) is 5.32. The average Bonchev–Trinajstić information content (AvgIpc) is 3.55. The van der Waals surface area contributed by atoms with Crippen molar-refractivity contribution in [3.05, 3.63) is 78.3 Å². The number of benzene rings is 2. The van der Waals surface area contributed by atoms with Crippen molar-refractivity contribution in [3.8, 4) is 11.6 Å². The first kappa shape index (κ1) is 27.1. The minimum Gasteiger partial charge on any atom is -0.497 e.